The van der Waals surface area contributed by atoms with Crippen molar-refractivity contribution >= 4 is 22.1 Å². The van der Waals surface area contributed by atoms with Crippen molar-refractivity contribution in [3.63, 3.8) is 0 Å². The van der Waals surface area contributed by atoms with E-state index in [0.29, 0.717) is 0 Å². The van der Waals surface area contributed by atoms with Gasteiger partial charge < -0.3 is 4.42 Å². The Hall–Kier alpha value is -3.40. The molecule has 0 aliphatic rings. The molecule has 0 saturated heterocycles. The third-order valence-corrected chi connectivity index (χ3v) is 5.66. The molecular formula is C26H26N3O+. The zero-order valence-corrected chi connectivity index (χ0v) is 18.1. The molecule has 4 nitrogen and oxygen atoms in total. The summed E-state index contributed by atoms with van der Waals surface area (Å²) in [6, 6.07) is 23.2. The molecule has 5 rings (SSSR count). The number of oxazole rings is 1. The van der Waals surface area contributed by atoms with Crippen molar-refractivity contribution in [2.24, 2.45) is 7.05 Å². The van der Waals surface area contributed by atoms with E-state index in [-0.39, 0.29) is 5.41 Å². The van der Waals surface area contributed by atoms with Gasteiger partial charge in [-0.1, -0.05) is 57.2 Å². The number of benzene rings is 3. The molecule has 0 unspecified atom stereocenters. The third-order valence-electron chi connectivity index (χ3n) is 5.66. The number of hydrogen-bond donors (Lipinski definition) is 0. The number of imidazole rings is 1. The highest BCUT2D eigenvalue weighted by atomic mass is 16.3. The Morgan fingerprint density at radius 1 is 0.900 bits per heavy atom. The van der Waals surface area contributed by atoms with Crippen LogP contribution in [0.2, 0.25) is 0 Å². The largest absolute Gasteiger partial charge is 0.440 e. The smallest absolute Gasteiger partial charge is 0.297 e. The fraction of sp³-hybridized carbons (Fsp3) is 0.231. The molecule has 150 valence electrons. The van der Waals surface area contributed by atoms with Crippen LogP contribution >= 0.6 is 0 Å². The fourth-order valence-electron chi connectivity index (χ4n) is 4.13. The molecule has 2 aromatic heterocycles. The predicted octanol–water partition coefficient (Wildman–Crippen LogP) is 5.87. The molecule has 0 spiro atoms. The van der Waals surface area contributed by atoms with Crippen LogP contribution in [-0.2, 0) is 12.5 Å². The number of aryl methyl sites for hydroxylation is 2. The van der Waals surface area contributed by atoms with E-state index in [9.17, 15) is 0 Å². The first-order valence-corrected chi connectivity index (χ1v) is 10.3. The summed E-state index contributed by atoms with van der Waals surface area (Å²) in [6.45, 7) is 8.54. The van der Waals surface area contributed by atoms with Crippen molar-refractivity contribution in [2.45, 2.75) is 33.1 Å². The Kier molecular flexibility index (Phi) is 4.07. The van der Waals surface area contributed by atoms with Crippen LogP contribution in [0.3, 0.4) is 0 Å². The van der Waals surface area contributed by atoms with Crippen LogP contribution in [0, 0.1) is 6.92 Å². The van der Waals surface area contributed by atoms with E-state index in [0.717, 1.165) is 39.6 Å². The van der Waals surface area contributed by atoms with Crippen LogP contribution in [-0.4, -0.2) is 9.55 Å². The molecule has 5 aromatic rings. The van der Waals surface area contributed by atoms with Crippen molar-refractivity contribution in [1.82, 2.24) is 9.55 Å². The second-order valence-corrected chi connectivity index (χ2v) is 8.92. The molecule has 0 amide bonds. The van der Waals surface area contributed by atoms with Crippen LogP contribution in [0.15, 0.2) is 71.1 Å². The SMILES string of the molecule is Cc1ccc2oc(C(C)(C)C)nc2c1-c1n(-c2ccccc2)c2ccccc2[n+]1C. The van der Waals surface area contributed by atoms with E-state index < -0.39 is 0 Å². The minimum absolute atomic E-state index is 0.154. The zero-order valence-electron chi connectivity index (χ0n) is 18.1. The monoisotopic (exact) mass is 396 g/mol. The van der Waals surface area contributed by atoms with Crippen molar-refractivity contribution in [3.8, 4) is 17.1 Å². The summed E-state index contributed by atoms with van der Waals surface area (Å²) in [5.41, 5.74) is 7.32. The first-order valence-electron chi connectivity index (χ1n) is 10.3. The molecule has 0 bridgehead atoms. The van der Waals surface area contributed by atoms with Crippen LogP contribution < -0.4 is 4.57 Å². The second-order valence-electron chi connectivity index (χ2n) is 8.92. The summed E-state index contributed by atoms with van der Waals surface area (Å²) < 4.78 is 10.8. The van der Waals surface area contributed by atoms with E-state index in [1.807, 2.05) is 12.1 Å². The van der Waals surface area contributed by atoms with Gasteiger partial charge >= 0.3 is 0 Å². The quantitative estimate of drug-likeness (QED) is 0.350. The van der Waals surface area contributed by atoms with E-state index >= 15 is 0 Å². The summed E-state index contributed by atoms with van der Waals surface area (Å²) >= 11 is 0. The summed E-state index contributed by atoms with van der Waals surface area (Å²) in [5, 5.41) is 0. The van der Waals surface area contributed by atoms with Crippen molar-refractivity contribution in [3.05, 3.63) is 78.2 Å². The number of nitrogens with zero attached hydrogens (tertiary/aromatic N) is 3. The fourth-order valence-corrected chi connectivity index (χ4v) is 4.13. The van der Waals surface area contributed by atoms with Crippen molar-refractivity contribution < 1.29 is 8.98 Å². The first-order chi connectivity index (χ1) is 14.4. The van der Waals surface area contributed by atoms with Gasteiger partial charge in [0, 0.05) is 5.41 Å². The lowest BCUT2D eigenvalue weighted by Gasteiger charge is -2.11. The van der Waals surface area contributed by atoms with Gasteiger partial charge in [-0.2, -0.15) is 4.57 Å². The van der Waals surface area contributed by atoms with Gasteiger partial charge in [0.25, 0.3) is 5.82 Å². The minimum Gasteiger partial charge on any atom is -0.440 e. The maximum absolute atomic E-state index is 6.18. The van der Waals surface area contributed by atoms with Gasteiger partial charge in [0.2, 0.25) is 5.89 Å². The van der Waals surface area contributed by atoms with E-state index in [4.69, 9.17) is 9.40 Å². The van der Waals surface area contributed by atoms with Crippen molar-refractivity contribution in [1.29, 1.82) is 0 Å². The lowest BCUT2D eigenvalue weighted by molar-refractivity contribution is -0.633. The number of para-hydroxylation sites is 3. The number of fused-ring (bicyclic) bond motifs is 2. The molecule has 2 heterocycles. The predicted molar refractivity (Wildman–Crippen MR) is 121 cm³/mol. The highest BCUT2D eigenvalue weighted by Crippen LogP contribution is 2.36. The van der Waals surface area contributed by atoms with Gasteiger partial charge in [-0.3, -0.25) is 0 Å². The summed E-state index contributed by atoms with van der Waals surface area (Å²) in [7, 11) is 2.13. The van der Waals surface area contributed by atoms with Gasteiger partial charge in [-0.25, -0.2) is 9.55 Å². The van der Waals surface area contributed by atoms with E-state index in [2.05, 4.69) is 98.5 Å². The molecule has 0 aliphatic carbocycles. The van der Waals surface area contributed by atoms with Gasteiger partial charge in [0.05, 0.1) is 12.6 Å². The van der Waals surface area contributed by atoms with Crippen LogP contribution in [0.25, 0.3) is 39.2 Å². The normalized spacial score (nSPS) is 12.2. The highest BCUT2D eigenvalue weighted by Gasteiger charge is 2.31. The van der Waals surface area contributed by atoms with Gasteiger partial charge in [0.1, 0.15) is 11.2 Å². The number of hydrogen-bond acceptors (Lipinski definition) is 2. The molecule has 4 heteroatoms. The maximum atomic E-state index is 6.18. The summed E-state index contributed by atoms with van der Waals surface area (Å²) in [4.78, 5) is 4.97. The van der Waals surface area contributed by atoms with E-state index in [1.54, 1.807) is 0 Å². The summed E-state index contributed by atoms with van der Waals surface area (Å²) in [6.07, 6.45) is 0. The Labute approximate surface area is 176 Å². The molecule has 0 saturated carbocycles. The van der Waals surface area contributed by atoms with Crippen LogP contribution in [0.4, 0.5) is 0 Å². The molecule has 0 radical (unpaired) electrons. The molecule has 0 fully saturated rings. The topological polar surface area (TPSA) is 34.8 Å². The van der Waals surface area contributed by atoms with Gasteiger partial charge in [-0.15, -0.1) is 0 Å². The van der Waals surface area contributed by atoms with Gasteiger partial charge in [-0.05, 0) is 42.8 Å². The standard InChI is InChI=1S/C26H26N3O/c1-17-15-16-21-23(27-25(30-21)26(2,3)4)22(17)24-28(5)19-13-9-10-14-20(19)29(24)18-11-7-6-8-12-18/h6-16H,1-5H3/q+1. The first kappa shape index (κ1) is 18.6. The van der Waals surface area contributed by atoms with Crippen molar-refractivity contribution in [2.75, 3.05) is 0 Å². The Morgan fingerprint density at radius 2 is 1.60 bits per heavy atom. The van der Waals surface area contributed by atoms with Crippen LogP contribution in [0.5, 0.6) is 0 Å². The third kappa shape index (κ3) is 2.75. The molecule has 3 aromatic carbocycles. The average Bonchev–Trinajstić information content (AvgIpc) is 3.29. The highest BCUT2D eigenvalue weighted by molar-refractivity contribution is 5.92. The average molecular weight is 397 g/mol. The lowest BCUT2D eigenvalue weighted by atomic mass is 9.97. The number of aromatic nitrogens is 3. The molecule has 30 heavy (non-hydrogen) atoms. The molecule has 0 atom stereocenters. The van der Waals surface area contributed by atoms with E-state index in [1.165, 1.54) is 11.1 Å². The molecule has 0 aliphatic heterocycles. The molecular weight excluding hydrogens is 370 g/mol. The minimum atomic E-state index is -0.154. The van der Waals surface area contributed by atoms with Gasteiger partial charge in [0.15, 0.2) is 16.6 Å². The Bertz CT molecular complexity index is 1390. The molecule has 0 N–H and O–H groups in total. The number of rotatable bonds is 2. The second kappa shape index (κ2) is 6.56. The Balaban J connectivity index is 1.93. The zero-order chi connectivity index (χ0) is 21.0. The lowest BCUT2D eigenvalue weighted by Crippen LogP contribution is -2.30. The van der Waals surface area contributed by atoms with Crippen LogP contribution in [0.1, 0.15) is 32.2 Å². The summed E-state index contributed by atoms with van der Waals surface area (Å²) in [5.74, 6) is 1.86. The Morgan fingerprint density at radius 3 is 2.33 bits per heavy atom. The maximum Gasteiger partial charge on any atom is 0.297 e.